The third-order valence-electron chi connectivity index (χ3n) is 3.56. The van der Waals surface area contributed by atoms with Crippen LogP contribution in [0.2, 0.25) is 0 Å². The van der Waals surface area contributed by atoms with E-state index in [-0.39, 0.29) is 18.4 Å². The fourth-order valence-electron chi connectivity index (χ4n) is 2.42. The van der Waals surface area contributed by atoms with Gasteiger partial charge in [-0.05, 0) is 47.1 Å². The Hall–Kier alpha value is -2.94. The number of amides is 2. The number of halogens is 1. The van der Waals surface area contributed by atoms with Gasteiger partial charge in [0, 0.05) is 30.3 Å². The number of carbonyl (C=O) groups is 2. The van der Waals surface area contributed by atoms with E-state index >= 15 is 0 Å². The summed E-state index contributed by atoms with van der Waals surface area (Å²) in [4.78, 5) is 24.5. The van der Waals surface area contributed by atoms with Gasteiger partial charge in [-0.25, -0.2) is 0 Å². The van der Waals surface area contributed by atoms with Crippen LogP contribution in [0.5, 0.6) is 0 Å². The van der Waals surface area contributed by atoms with Crippen LogP contribution in [0.4, 0.5) is 11.4 Å². The van der Waals surface area contributed by atoms with E-state index in [0.717, 1.165) is 4.47 Å². The lowest BCUT2D eigenvalue weighted by atomic mass is 10.2. The minimum atomic E-state index is -0.255. The molecule has 2 N–H and O–H groups in total. The third-order valence-corrected chi connectivity index (χ3v) is 3.97. The highest BCUT2D eigenvalue weighted by Crippen LogP contribution is 2.16. The summed E-state index contributed by atoms with van der Waals surface area (Å²) in [6, 6.07) is 8.62. The number of hydrogen-bond acceptors (Lipinski definition) is 4. The van der Waals surface area contributed by atoms with Gasteiger partial charge in [-0.2, -0.15) is 10.2 Å². The fourth-order valence-corrected chi connectivity index (χ4v) is 2.75. The molecule has 0 saturated heterocycles. The van der Waals surface area contributed by atoms with Gasteiger partial charge in [0.2, 0.25) is 5.91 Å². The molecule has 0 spiro atoms. The zero-order valence-corrected chi connectivity index (χ0v) is 15.6. The molecule has 9 heteroatoms. The zero-order chi connectivity index (χ0) is 18.5. The van der Waals surface area contributed by atoms with Crippen molar-refractivity contribution in [2.45, 2.75) is 20.0 Å². The first-order valence-corrected chi connectivity index (χ1v) is 8.75. The van der Waals surface area contributed by atoms with E-state index in [9.17, 15) is 9.59 Å². The molecule has 3 rings (SSSR count). The summed E-state index contributed by atoms with van der Waals surface area (Å²) in [5.74, 6) is -0.470. The summed E-state index contributed by atoms with van der Waals surface area (Å²) in [5.41, 5.74) is 1.65. The van der Waals surface area contributed by atoms with E-state index in [0.29, 0.717) is 23.6 Å². The van der Waals surface area contributed by atoms with E-state index in [1.54, 1.807) is 53.6 Å². The predicted molar refractivity (Wildman–Crippen MR) is 101 cm³/mol. The molecule has 1 aromatic carbocycles. The Morgan fingerprint density at radius 3 is 2.62 bits per heavy atom. The Labute approximate surface area is 158 Å². The van der Waals surface area contributed by atoms with Crippen LogP contribution in [-0.2, 0) is 17.9 Å². The van der Waals surface area contributed by atoms with Crippen LogP contribution in [0.1, 0.15) is 17.4 Å². The molecule has 0 saturated carbocycles. The van der Waals surface area contributed by atoms with Crippen molar-refractivity contribution in [2.24, 2.45) is 0 Å². The molecule has 0 aliphatic heterocycles. The van der Waals surface area contributed by atoms with E-state index in [4.69, 9.17) is 0 Å². The second-order valence-electron chi connectivity index (χ2n) is 5.47. The molecular formula is C17H17BrN6O2. The molecule has 2 heterocycles. The zero-order valence-electron chi connectivity index (χ0n) is 14.0. The molecule has 3 aromatic rings. The molecular weight excluding hydrogens is 400 g/mol. The van der Waals surface area contributed by atoms with Gasteiger partial charge >= 0.3 is 0 Å². The quantitative estimate of drug-likeness (QED) is 0.645. The standard InChI is InChI=1S/C17H17BrN6O2/c1-2-24-15(6-7-19-24)17(26)22-14-5-3-4-13(8-14)21-16(25)11-23-10-12(18)9-20-23/h3-10H,2,11H2,1H3,(H,21,25)(H,22,26). The summed E-state index contributed by atoms with van der Waals surface area (Å²) in [7, 11) is 0. The van der Waals surface area contributed by atoms with E-state index in [1.807, 2.05) is 6.92 Å². The molecule has 0 fully saturated rings. The SMILES string of the molecule is CCn1nccc1C(=O)Nc1cccc(NC(=O)Cn2cc(Br)cn2)c1. The van der Waals surface area contributed by atoms with Gasteiger partial charge in [-0.15, -0.1) is 0 Å². The first-order valence-electron chi connectivity index (χ1n) is 7.96. The normalized spacial score (nSPS) is 10.5. The molecule has 8 nitrogen and oxygen atoms in total. The Morgan fingerprint density at radius 2 is 1.92 bits per heavy atom. The van der Waals surface area contributed by atoms with Crippen molar-refractivity contribution < 1.29 is 9.59 Å². The van der Waals surface area contributed by atoms with Crippen LogP contribution in [0.3, 0.4) is 0 Å². The first kappa shape index (κ1) is 17.9. The van der Waals surface area contributed by atoms with Crippen molar-refractivity contribution in [3.63, 3.8) is 0 Å². The van der Waals surface area contributed by atoms with Crippen molar-refractivity contribution in [1.29, 1.82) is 0 Å². The molecule has 0 atom stereocenters. The molecule has 0 unspecified atom stereocenters. The minimum Gasteiger partial charge on any atom is -0.324 e. The van der Waals surface area contributed by atoms with Crippen molar-refractivity contribution in [3.8, 4) is 0 Å². The van der Waals surface area contributed by atoms with Gasteiger partial charge in [-0.1, -0.05) is 6.07 Å². The number of carbonyl (C=O) groups excluding carboxylic acids is 2. The number of hydrogen-bond donors (Lipinski definition) is 2. The lowest BCUT2D eigenvalue weighted by Crippen LogP contribution is -2.19. The predicted octanol–water partition coefficient (Wildman–Crippen LogP) is 2.75. The van der Waals surface area contributed by atoms with Gasteiger partial charge in [0.05, 0.1) is 10.7 Å². The summed E-state index contributed by atoms with van der Waals surface area (Å²) >= 11 is 3.29. The largest absolute Gasteiger partial charge is 0.324 e. The number of anilines is 2. The highest BCUT2D eigenvalue weighted by atomic mass is 79.9. The number of benzene rings is 1. The topological polar surface area (TPSA) is 93.8 Å². The van der Waals surface area contributed by atoms with Crippen LogP contribution >= 0.6 is 15.9 Å². The van der Waals surface area contributed by atoms with Gasteiger partial charge < -0.3 is 10.6 Å². The Balaban J connectivity index is 1.64. The number of aromatic nitrogens is 4. The molecule has 26 heavy (non-hydrogen) atoms. The lowest BCUT2D eigenvalue weighted by molar-refractivity contribution is -0.116. The molecule has 134 valence electrons. The fraction of sp³-hybridized carbons (Fsp3) is 0.176. The smallest absolute Gasteiger partial charge is 0.273 e. The highest BCUT2D eigenvalue weighted by molar-refractivity contribution is 9.10. The van der Waals surface area contributed by atoms with Crippen LogP contribution in [-0.4, -0.2) is 31.4 Å². The molecule has 0 radical (unpaired) electrons. The van der Waals surface area contributed by atoms with E-state index in [2.05, 4.69) is 36.8 Å². The maximum atomic E-state index is 12.4. The van der Waals surface area contributed by atoms with E-state index < -0.39 is 0 Å². The van der Waals surface area contributed by atoms with Crippen molar-refractivity contribution >= 4 is 39.1 Å². The Bertz CT molecular complexity index is 933. The van der Waals surface area contributed by atoms with E-state index in [1.165, 1.54) is 4.68 Å². The summed E-state index contributed by atoms with van der Waals surface area (Å²) < 4.78 is 3.95. The summed E-state index contributed by atoms with van der Waals surface area (Å²) in [6.07, 6.45) is 4.92. The van der Waals surface area contributed by atoms with Gasteiger partial charge in [0.25, 0.3) is 5.91 Å². The van der Waals surface area contributed by atoms with Crippen molar-refractivity contribution in [3.05, 3.63) is 59.1 Å². The van der Waals surface area contributed by atoms with Crippen LogP contribution < -0.4 is 10.6 Å². The molecule has 2 aromatic heterocycles. The molecule has 0 bridgehead atoms. The average Bonchev–Trinajstić information content (AvgIpc) is 3.23. The second kappa shape index (κ2) is 7.96. The second-order valence-corrected chi connectivity index (χ2v) is 6.39. The summed E-state index contributed by atoms with van der Waals surface area (Å²) in [5, 5.41) is 13.7. The number of rotatable bonds is 6. The van der Waals surface area contributed by atoms with Gasteiger partial charge in [0.1, 0.15) is 12.2 Å². The lowest BCUT2D eigenvalue weighted by Gasteiger charge is -2.09. The Morgan fingerprint density at radius 1 is 1.15 bits per heavy atom. The van der Waals surface area contributed by atoms with Crippen LogP contribution in [0, 0.1) is 0 Å². The maximum Gasteiger partial charge on any atom is 0.273 e. The molecule has 2 amide bonds. The monoisotopic (exact) mass is 416 g/mol. The maximum absolute atomic E-state index is 12.4. The number of nitrogens with one attached hydrogen (secondary N) is 2. The van der Waals surface area contributed by atoms with Crippen LogP contribution in [0.15, 0.2) is 53.4 Å². The molecule has 0 aliphatic rings. The van der Waals surface area contributed by atoms with Crippen molar-refractivity contribution in [2.75, 3.05) is 10.6 Å². The van der Waals surface area contributed by atoms with Crippen molar-refractivity contribution in [1.82, 2.24) is 19.6 Å². The number of aryl methyl sites for hydroxylation is 1. The Kier molecular flexibility index (Phi) is 5.47. The highest BCUT2D eigenvalue weighted by Gasteiger charge is 2.12. The average molecular weight is 417 g/mol. The van der Waals surface area contributed by atoms with Crippen LogP contribution in [0.25, 0.3) is 0 Å². The molecule has 0 aliphatic carbocycles. The van der Waals surface area contributed by atoms with Gasteiger partial charge in [0.15, 0.2) is 0 Å². The minimum absolute atomic E-state index is 0.0951. The summed E-state index contributed by atoms with van der Waals surface area (Å²) in [6.45, 7) is 2.62. The number of nitrogens with zero attached hydrogens (tertiary/aromatic N) is 4. The third kappa shape index (κ3) is 4.37. The van der Waals surface area contributed by atoms with Gasteiger partial charge in [-0.3, -0.25) is 19.0 Å². The first-order chi connectivity index (χ1) is 12.5.